The van der Waals surface area contributed by atoms with Crippen molar-refractivity contribution in [1.82, 2.24) is 24.3 Å². The maximum Gasteiger partial charge on any atom is 0.181 e. The zero-order valence-corrected chi connectivity index (χ0v) is 37.0. The molecule has 1 aliphatic heterocycles. The summed E-state index contributed by atoms with van der Waals surface area (Å²) < 4.78 is 8.24. The van der Waals surface area contributed by atoms with Crippen LogP contribution in [0.15, 0.2) is 228 Å². The van der Waals surface area contributed by atoms with Crippen molar-refractivity contribution in [1.29, 1.82) is 0 Å². The molecule has 320 valence electrons. The standard InChI is InChI=1S/C10H12.C9H7N.C9H8.C8H7N.C7H6N2.C7H5NO.C7H5NS/c1-2-6-10-8-4-3-7-9(10)5-1;1-2-6-9-8(4-1)5-3-7-10-9;1-2-5-9-7-3-6-8(9)4-1;1-2-4-8-7(3-1)5-6-9-8;1-2-5-9-6-4-8-7(9)3-1;2*1-2-4-7-6(3-1)8-5-9-7/h1-2,5-6H,3-4,7-8H2;1-7H;1-6H,7H2;1-4,6H,5H2;1-6H;2*1-5H. The Kier molecular flexibility index (Phi) is 15.9. The largest absolute Gasteiger partial charge is 0.443 e. The third kappa shape index (κ3) is 12.9. The minimum absolute atomic E-state index is 0.845. The fourth-order valence-corrected chi connectivity index (χ4v) is 8.09. The number of aryl methyl sites for hydroxylation is 2. The van der Waals surface area contributed by atoms with E-state index < -0.39 is 0 Å². The number of allylic oxidation sites excluding steroid dienone is 1. The molecule has 0 saturated heterocycles. The van der Waals surface area contributed by atoms with E-state index >= 15 is 0 Å². The minimum atomic E-state index is 0.845. The van der Waals surface area contributed by atoms with Crippen LogP contribution in [0.2, 0.25) is 0 Å². The normalized spacial score (nSPS) is 12.1. The van der Waals surface area contributed by atoms with Gasteiger partial charge in [0.15, 0.2) is 12.0 Å². The van der Waals surface area contributed by atoms with Gasteiger partial charge in [0.25, 0.3) is 0 Å². The number of pyridine rings is 2. The molecule has 0 saturated carbocycles. The van der Waals surface area contributed by atoms with Gasteiger partial charge in [0.1, 0.15) is 11.2 Å². The minimum Gasteiger partial charge on any atom is -0.443 e. The lowest BCUT2D eigenvalue weighted by molar-refractivity contribution is 0.602. The van der Waals surface area contributed by atoms with Crippen LogP contribution in [-0.4, -0.2) is 30.6 Å². The van der Waals surface area contributed by atoms with Crippen LogP contribution >= 0.6 is 11.3 Å². The monoisotopic (exact) mass is 866 g/mol. The van der Waals surface area contributed by atoms with Gasteiger partial charge in [-0.05, 0) is 115 Å². The van der Waals surface area contributed by atoms with E-state index in [0.717, 1.165) is 46.3 Å². The molecule has 0 radical (unpaired) electrons. The Hall–Kier alpha value is -7.81. The molecule has 0 bridgehead atoms. The number of hydrogen-bond donors (Lipinski definition) is 0. The molecule has 11 aromatic rings. The zero-order chi connectivity index (χ0) is 44.1. The van der Waals surface area contributed by atoms with Crippen molar-refractivity contribution in [3.05, 3.63) is 247 Å². The molecule has 65 heavy (non-hydrogen) atoms. The summed E-state index contributed by atoms with van der Waals surface area (Å²) in [6.45, 7) is 0. The molecule has 3 aliphatic rings. The van der Waals surface area contributed by atoms with Gasteiger partial charge in [-0.15, -0.1) is 11.3 Å². The van der Waals surface area contributed by atoms with Crippen molar-refractivity contribution in [3.8, 4) is 0 Å². The van der Waals surface area contributed by atoms with Crippen molar-refractivity contribution < 1.29 is 4.42 Å². The first-order valence-corrected chi connectivity index (χ1v) is 22.8. The third-order valence-electron chi connectivity index (χ3n) is 10.8. The van der Waals surface area contributed by atoms with Crippen molar-refractivity contribution in [3.63, 3.8) is 0 Å². The average molecular weight is 867 g/mol. The summed E-state index contributed by atoms with van der Waals surface area (Å²) in [7, 11) is 0. The van der Waals surface area contributed by atoms with Crippen LogP contribution in [0.4, 0.5) is 5.69 Å². The van der Waals surface area contributed by atoms with Crippen LogP contribution in [0.1, 0.15) is 40.7 Å². The quantitative estimate of drug-likeness (QED) is 0.152. The fourth-order valence-electron chi connectivity index (χ4n) is 7.41. The summed E-state index contributed by atoms with van der Waals surface area (Å²) in [4.78, 5) is 20.5. The van der Waals surface area contributed by atoms with Gasteiger partial charge in [-0.1, -0.05) is 133 Å². The molecule has 2 aliphatic carbocycles. The van der Waals surface area contributed by atoms with E-state index in [-0.39, 0.29) is 0 Å². The van der Waals surface area contributed by atoms with Gasteiger partial charge >= 0.3 is 0 Å². The summed E-state index contributed by atoms with van der Waals surface area (Å²) in [6.07, 6.45) is 22.8. The summed E-state index contributed by atoms with van der Waals surface area (Å²) in [5.41, 5.74) is 15.3. The van der Waals surface area contributed by atoms with Crippen molar-refractivity contribution in [2.24, 2.45) is 4.99 Å². The van der Waals surface area contributed by atoms with Crippen molar-refractivity contribution >= 4 is 67.2 Å². The Morgan fingerprint density at radius 2 is 1.17 bits per heavy atom. The number of hydrogen-bond acceptors (Lipinski definition) is 7. The Bertz CT molecular complexity index is 2820. The maximum absolute atomic E-state index is 5.01. The van der Waals surface area contributed by atoms with E-state index in [4.69, 9.17) is 4.42 Å². The topological polar surface area (TPSA) is 81.5 Å². The number of fused-ring (bicyclic) bond motifs is 7. The molecule has 0 atom stereocenters. The van der Waals surface area contributed by atoms with Gasteiger partial charge < -0.3 is 8.82 Å². The lowest BCUT2D eigenvalue weighted by Crippen LogP contribution is -2.00. The number of nitrogens with zero attached hydrogens (tertiary/aromatic N) is 6. The molecule has 14 rings (SSSR count). The number of aromatic nitrogens is 5. The molecule has 7 nitrogen and oxygen atoms in total. The second kappa shape index (κ2) is 23.6. The second-order valence-electron chi connectivity index (χ2n) is 15.2. The third-order valence-corrected chi connectivity index (χ3v) is 11.6. The summed E-state index contributed by atoms with van der Waals surface area (Å²) in [5.74, 6) is 0. The fraction of sp³-hybridized carbons (Fsp3) is 0.105. The summed E-state index contributed by atoms with van der Waals surface area (Å²) in [5, 5.41) is 1.20. The highest BCUT2D eigenvalue weighted by molar-refractivity contribution is 7.16. The molecular weight excluding hydrogens is 817 g/mol. The highest BCUT2D eigenvalue weighted by Gasteiger charge is 2.06. The first-order chi connectivity index (χ1) is 32.3. The number of oxazole rings is 1. The van der Waals surface area contributed by atoms with Crippen LogP contribution < -0.4 is 0 Å². The molecule has 0 unspecified atom stereocenters. The molecule has 6 heterocycles. The molecule has 0 N–H and O–H groups in total. The van der Waals surface area contributed by atoms with E-state index in [1.54, 1.807) is 28.7 Å². The Morgan fingerprint density at radius 3 is 1.94 bits per heavy atom. The lowest BCUT2D eigenvalue weighted by Gasteiger charge is -2.13. The number of thiazole rings is 1. The Morgan fingerprint density at radius 1 is 0.492 bits per heavy atom. The average Bonchev–Trinajstić information content (AvgIpc) is 4.26. The Balaban J connectivity index is 0.000000103. The predicted octanol–water partition coefficient (Wildman–Crippen LogP) is 14.5. The summed E-state index contributed by atoms with van der Waals surface area (Å²) in [6, 6.07) is 59.3. The van der Waals surface area contributed by atoms with Crippen LogP contribution in [0, 0.1) is 0 Å². The number of aliphatic imine (C=N–C) groups is 1. The smallest absolute Gasteiger partial charge is 0.181 e. The zero-order valence-electron chi connectivity index (χ0n) is 36.2. The van der Waals surface area contributed by atoms with Crippen LogP contribution in [-0.2, 0) is 25.7 Å². The van der Waals surface area contributed by atoms with E-state index in [9.17, 15) is 0 Å². The van der Waals surface area contributed by atoms with Crippen LogP contribution in [0.3, 0.4) is 0 Å². The maximum atomic E-state index is 5.01. The van der Waals surface area contributed by atoms with Gasteiger partial charge in [-0.2, -0.15) is 0 Å². The molecule has 0 fully saturated rings. The van der Waals surface area contributed by atoms with Crippen LogP contribution in [0.5, 0.6) is 0 Å². The highest BCUT2D eigenvalue weighted by Crippen LogP contribution is 2.23. The van der Waals surface area contributed by atoms with E-state index in [1.807, 2.05) is 138 Å². The second-order valence-corrected chi connectivity index (χ2v) is 16.0. The first-order valence-electron chi connectivity index (χ1n) is 21.9. The number of imidazole rings is 1. The van der Waals surface area contributed by atoms with Gasteiger partial charge in [0.2, 0.25) is 0 Å². The number of para-hydroxylation sites is 5. The predicted molar refractivity (Wildman–Crippen MR) is 271 cm³/mol. The first kappa shape index (κ1) is 43.8. The molecular formula is C57H50N6OS. The van der Waals surface area contributed by atoms with Crippen LogP contribution in [0.25, 0.3) is 43.9 Å². The Labute approximate surface area is 384 Å². The molecule has 8 heteroatoms. The molecule has 5 aromatic heterocycles. The highest BCUT2D eigenvalue weighted by atomic mass is 32.1. The molecule has 0 amide bonds. The summed E-state index contributed by atoms with van der Waals surface area (Å²) >= 11 is 1.68. The molecule has 0 spiro atoms. The SMILES string of the molecule is C1=Cc2ccccc2C1.C1=Nc2ccccc2C1.c1ccc2c(c1)CCCC2.c1ccc2ncccc2c1.c1ccc2ocnc2c1.c1ccc2scnc2c1.c1ccn2ccnc2c1. The van der Waals surface area contributed by atoms with Gasteiger partial charge in [-0.25, -0.2) is 15.0 Å². The van der Waals surface area contributed by atoms with Gasteiger partial charge in [0, 0.05) is 42.8 Å². The number of benzene rings is 6. The van der Waals surface area contributed by atoms with Gasteiger partial charge in [-0.3, -0.25) is 9.98 Å². The van der Waals surface area contributed by atoms with E-state index in [0.29, 0.717) is 0 Å². The van der Waals surface area contributed by atoms with Crippen molar-refractivity contribution in [2.75, 3.05) is 0 Å². The van der Waals surface area contributed by atoms with E-state index in [1.165, 1.54) is 58.9 Å². The molecule has 6 aromatic carbocycles. The number of rotatable bonds is 0. The van der Waals surface area contributed by atoms with Crippen molar-refractivity contribution in [2.45, 2.75) is 38.5 Å². The van der Waals surface area contributed by atoms with E-state index in [2.05, 4.69) is 110 Å². The lowest BCUT2D eigenvalue weighted by atomic mass is 9.92. The van der Waals surface area contributed by atoms with Gasteiger partial charge in [0.05, 0.1) is 26.9 Å².